The molecule has 0 spiro atoms. The molecular weight excluding hydrogens is 292 g/mol. The van der Waals surface area contributed by atoms with Crippen molar-refractivity contribution in [2.24, 2.45) is 0 Å². The summed E-state index contributed by atoms with van der Waals surface area (Å²) in [5, 5.41) is 8.72. The first-order valence-corrected chi connectivity index (χ1v) is 8.10. The van der Waals surface area contributed by atoms with Crippen LogP contribution in [0.1, 0.15) is 36.9 Å². The number of nitrogens with one attached hydrogen (secondary N) is 1. The second-order valence-electron chi connectivity index (χ2n) is 4.57. The van der Waals surface area contributed by atoms with Crippen molar-refractivity contribution in [2.45, 2.75) is 25.8 Å². The largest absolute Gasteiger partial charge is 0.469 e. The Bertz CT molecular complexity index is 617. The summed E-state index contributed by atoms with van der Waals surface area (Å²) in [6.07, 6.45) is 0.282. The van der Waals surface area contributed by atoms with E-state index in [4.69, 9.17) is 5.26 Å². The lowest BCUT2D eigenvalue weighted by atomic mass is 10.1. The van der Waals surface area contributed by atoms with Gasteiger partial charge in [-0.3, -0.25) is 4.79 Å². The van der Waals surface area contributed by atoms with Gasteiger partial charge in [0.2, 0.25) is 10.0 Å². The van der Waals surface area contributed by atoms with Crippen LogP contribution in [0.5, 0.6) is 0 Å². The topological polar surface area (TPSA) is 96.3 Å². The van der Waals surface area contributed by atoms with Crippen molar-refractivity contribution in [3.05, 3.63) is 35.4 Å². The molecule has 0 heterocycles. The molecular formula is C14H18N2O4S. The minimum atomic E-state index is -3.47. The second-order valence-corrected chi connectivity index (χ2v) is 6.45. The van der Waals surface area contributed by atoms with Gasteiger partial charge in [-0.25, -0.2) is 13.1 Å². The number of nitriles is 1. The molecule has 0 saturated carbocycles. The van der Waals surface area contributed by atoms with Crippen molar-refractivity contribution < 1.29 is 17.9 Å². The number of rotatable bonds is 7. The highest BCUT2D eigenvalue weighted by Crippen LogP contribution is 2.14. The zero-order chi connectivity index (χ0) is 15.9. The van der Waals surface area contributed by atoms with Crippen molar-refractivity contribution >= 4 is 16.0 Å². The molecule has 0 aliphatic carbocycles. The smallest absolute Gasteiger partial charge is 0.305 e. The first-order chi connectivity index (χ1) is 9.88. The van der Waals surface area contributed by atoms with E-state index in [1.54, 1.807) is 31.2 Å². The van der Waals surface area contributed by atoms with Gasteiger partial charge < -0.3 is 4.74 Å². The van der Waals surface area contributed by atoms with Gasteiger partial charge >= 0.3 is 5.97 Å². The predicted molar refractivity (Wildman–Crippen MR) is 77.7 cm³/mol. The standard InChI is InChI=1S/C14H18N2O4S/c1-11(13-7-5-12(10-15)6-8-13)16-21(18,19)9-3-4-14(17)20-2/h5-8,11,16H,3-4,9H2,1-2H3. The molecule has 1 aromatic carbocycles. The number of hydrogen-bond donors (Lipinski definition) is 1. The maximum atomic E-state index is 11.9. The Morgan fingerprint density at radius 1 is 1.38 bits per heavy atom. The molecule has 0 amide bonds. The number of ether oxygens (including phenoxy) is 1. The SMILES string of the molecule is COC(=O)CCCS(=O)(=O)NC(C)c1ccc(C#N)cc1. The van der Waals surface area contributed by atoms with Crippen LogP contribution in [0, 0.1) is 11.3 Å². The lowest BCUT2D eigenvalue weighted by molar-refractivity contribution is -0.140. The Balaban J connectivity index is 2.57. The molecule has 1 aromatic rings. The first kappa shape index (κ1) is 17.1. The third kappa shape index (κ3) is 5.94. The Morgan fingerprint density at radius 2 is 2.00 bits per heavy atom. The summed E-state index contributed by atoms with van der Waals surface area (Å²) >= 11 is 0. The monoisotopic (exact) mass is 310 g/mol. The molecule has 0 aliphatic rings. The maximum Gasteiger partial charge on any atom is 0.305 e. The van der Waals surface area contributed by atoms with Gasteiger partial charge in [0.05, 0.1) is 24.5 Å². The third-order valence-corrected chi connectivity index (χ3v) is 4.46. The van der Waals surface area contributed by atoms with Crippen LogP contribution in [0.4, 0.5) is 0 Å². The van der Waals surface area contributed by atoms with E-state index in [1.165, 1.54) is 7.11 Å². The number of methoxy groups -OCH3 is 1. The predicted octanol–water partition coefficient (Wildman–Crippen LogP) is 1.49. The highest BCUT2D eigenvalue weighted by Gasteiger charge is 2.16. The van der Waals surface area contributed by atoms with Crippen molar-refractivity contribution in [3.8, 4) is 6.07 Å². The van der Waals surface area contributed by atoms with E-state index >= 15 is 0 Å². The summed E-state index contributed by atoms with van der Waals surface area (Å²) in [7, 11) is -2.21. The van der Waals surface area contributed by atoms with Crippen LogP contribution < -0.4 is 4.72 Å². The fraction of sp³-hybridized carbons (Fsp3) is 0.429. The molecule has 1 atom stereocenters. The van der Waals surface area contributed by atoms with Gasteiger partial charge in [0.25, 0.3) is 0 Å². The third-order valence-electron chi connectivity index (χ3n) is 2.92. The fourth-order valence-electron chi connectivity index (χ4n) is 1.75. The lowest BCUT2D eigenvalue weighted by Crippen LogP contribution is -2.29. The molecule has 1 N–H and O–H groups in total. The van der Waals surface area contributed by atoms with Crippen LogP contribution in [-0.2, 0) is 19.6 Å². The van der Waals surface area contributed by atoms with Crippen molar-refractivity contribution in [1.82, 2.24) is 4.72 Å². The molecule has 0 fully saturated rings. The van der Waals surface area contributed by atoms with Crippen LogP contribution in [0.25, 0.3) is 0 Å². The van der Waals surface area contributed by atoms with Crippen LogP contribution in [0.2, 0.25) is 0 Å². The molecule has 0 bridgehead atoms. The normalized spacial score (nSPS) is 12.4. The zero-order valence-corrected chi connectivity index (χ0v) is 12.8. The summed E-state index contributed by atoms with van der Waals surface area (Å²) in [6, 6.07) is 8.29. The van der Waals surface area contributed by atoms with E-state index < -0.39 is 22.0 Å². The summed E-state index contributed by atoms with van der Waals surface area (Å²) in [5.74, 6) is -0.562. The van der Waals surface area contributed by atoms with Crippen LogP contribution in [0.15, 0.2) is 24.3 Å². The van der Waals surface area contributed by atoms with Gasteiger partial charge in [-0.15, -0.1) is 0 Å². The average molecular weight is 310 g/mol. The Labute approximate surface area is 124 Å². The molecule has 1 rings (SSSR count). The van der Waals surface area contributed by atoms with Crippen LogP contribution in [0.3, 0.4) is 0 Å². The summed E-state index contributed by atoms with van der Waals surface area (Å²) in [5.41, 5.74) is 1.29. The van der Waals surface area contributed by atoms with Crippen LogP contribution >= 0.6 is 0 Å². The maximum absolute atomic E-state index is 11.9. The Kier molecular flexibility index (Phi) is 6.34. The molecule has 7 heteroatoms. The van der Waals surface area contributed by atoms with E-state index in [2.05, 4.69) is 9.46 Å². The van der Waals surface area contributed by atoms with Gasteiger partial charge in [0, 0.05) is 12.5 Å². The van der Waals surface area contributed by atoms with E-state index in [0.29, 0.717) is 5.56 Å². The highest BCUT2D eigenvalue weighted by molar-refractivity contribution is 7.89. The number of nitrogens with zero attached hydrogens (tertiary/aromatic N) is 1. The number of hydrogen-bond acceptors (Lipinski definition) is 5. The molecule has 0 saturated heterocycles. The van der Waals surface area contributed by atoms with Crippen molar-refractivity contribution in [1.29, 1.82) is 5.26 Å². The number of esters is 1. The van der Waals surface area contributed by atoms with E-state index in [-0.39, 0.29) is 18.6 Å². The van der Waals surface area contributed by atoms with Crippen LogP contribution in [-0.4, -0.2) is 27.2 Å². The molecule has 1 unspecified atom stereocenters. The molecule has 0 aromatic heterocycles. The Morgan fingerprint density at radius 3 is 2.52 bits per heavy atom. The summed E-state index contributed by atoms with van der Waals surface area (Å²) in [6.45, 7) is 1.72. The van der Waals surface area contributed by atoms with Gasteiger partial charge in [0.15, 0.2) is 0 Å². The van der Waals surface area contributed by atoms with Crippen molar-refractivity contribution in [2.75, 3.05) is 12.9 Å². The van der Waals surface area contributed by atoms with E-state index in [9.17, 15) is 13.2 Å². The van der Waals surface area contributed by atoms with Crippen molar-refractivity contribution in [3.63, 3.8) is 0 Å². The molecule has 0 aliphatic heterocycles. The number of sulfonamides is 1. The number of carbonyl (C=O) groups excluding carboxylic acids is 1. The number of benzene rings is 1. The Hall–Kier alpha value is -1.91. The highest BCUT2D eigenvalue weighted by atomic mass is 32.2. The van der Waals surface area contributed by atoms with Gasteiger partial charge in [-0.1, -0.05) is 12.1 Å². The lowest BCUT2D eigenvalue weighted by Gasteiger charge is -2.14. The van der Waals surface area contributed by atoms with Gasteiger partial charge in [0.1, 0.15) is 0 Å². The number of carbonyl (C=O) groups is 1. The molecule has 0 radical (unpaired) electrons. The molecule has 114 valence electrons. The fourth-order valence-corrected chi connectivity index (χ4v) is 3.07. The average Bonchev–Trinajstić information content (AvgIpc) is 2.46. The summed E-state index contributed by atoms with van der Waals surface area (Å²) in [4.78, 5) is 10.9. The second kappa shape index (κ2) is 7.76. The minimum absolute atomic E-state index is 0.0721. The van der Waals surface area contributed by atoms with Gasteiger partial charge in [-0.05, 0) is 31.0 Å². The summed E-state index contributed by atoms with van der Waals surface area (Å²) < 4.78 is 30.8. The van der Waals surface area contributed by atoms with Gasteiger partial charge in [-0.2, -0.15) is 5.26 Å². The van der Waals surface area contributed by atoms with E-state index in [0.717, 1.165) is 5.56 Å². The first-order valence-electron chi connectivity index (χ1n) is 6.45. The molecule has 21 heavy (non-hydrogen) atoms. The quantitative estimate of drug-likeness (QED) is 0.770. The zero-order valence-electron chi connectivity index (χ0n) is 12.0. The molecule has 6 nitrogen and oxygen atoms in total. The minimum Gasteiger partial charge on any atom is -0.469 e. The van der Waals surface area contributed by atoms with E-state index in [1.807, 2.05) is 6.07 Å².